The van der Waals surface area contributed by atoms with Crippen molar-refractivity contribution in [2.75, 3.05) is 18.0 Å². The normalized spacial score (nSPS) is 22.5. The van der Waals surface area contributed by atoms with E-state index in [4.69, 9.17) is 5.73 Å². The number of aliphatic hydroxyl groups is 1. The van der Waals surface area contributed by atoms with Gasteiger partial charge >= 0.3 is 0 Å². The van der Waals surface area contributed by atoms with Crippen molar-refractivity contribution in [2.24, 2.45) is 5.73 Å². The number of amides is 1. The van der Waals surface area contributed by atoms with E-state index in [1.165, 1.54) is 18.2 Å². The topological polar surface area (TPSA) is 110 Å². The minimum atomic E-state index is -0.823. The lowest BCUT2D eigenvalue weighted by atomic mass is 10.1. The number of anilines is 1. The third-order valence-electron chi connectivity index (χ3n) is 3.25. The first kappa shape index (κ1) is 13.3. The Labute approximate surface area is 109 Å². The average Bonchev–Trinajstić information content (AvgIpc) is 2.68. The molecule has 1 amide bonds. The largest absolute Gasteiger partial charge is 0.388 e. The van der Waals surface area contributed by atoms with Crippen LogP contribution in [0.4, 0.5) is 11.4 Å². The van der Waals surface area contributed by atoms with Gasteiger partial charge in [0.1, 0.15) is 0 Å². The molecule has 1 aliphatic rings. The maximum absolute atomic E-state index is 11.4. The first-order chi connectivity index (χ1) is 8.80. The smallest absolute Gasteiger partial charge is 0.270 e. The zero-order valence-electron chi connectivity index (χ0n) is 10.5. The number of nitro benzene ring substituents is 1. The average molecular weight is 265 g/mol. The van der Waals surface area contributed by atoms with Crippen molar-refractivity contribution < 1.29 is 14.8 Å². The Kier molecular flexibility index (Phi) is 3.15. The van der Waals surface area contributed by atoms with Crippen LogP contribution in [0.5, 0.6) is 0 Å². The molecule has 0 bridgehead atoms. The number of hydrogen-bond donors (Lipinski definition) is 2. The van der Waals surface area contributed by atoms with E-state index < -0.39 is 16.4 Å². The van der Waals surface area contributed by atoms with E-state index in [9.17, 15) is 20.0 Å². The van der Waals surface area contributed by atoms with Gasteiger partial charge in [-0.15, -0.1) is 0 Å². The highest BCUT2D eigenvalue weighted by atomic mass is 16.6. The first-order valence-electron chi connectivity index (χ1n) is 5.86. The molecule has 1 heterocycles. The van der Waals surface area contributed by atoms with Crippen molar-refractivity contribution in [3.63, 3.8) is 0 Å². The maximum atomic E-state index is 11.4. The third kappa shape index (κ3) is 2.65. The summed E-state index contributed by atoms with van der Waals surface area (Å²) >= 11 is 0. The van der Waals surface area contributed by atoms with Gasteiger partial charge in [0.25, 0.3) is 11.6 Å². The van der Waals surface area contributed by atoms with Crippen molar-refractivity contribution >= 4 is 17.3 Å². The maximum Gasteiger partial charge on any atom is 0.270 e. The molecule has 0 aliphatic carbocycles. The zero-order valence-corrected chi connectivity index (χ0v) is 10.5. The van der Waals surface area contributed by atoms with Gasteiger partial charge in [0.15, 0.2) is 0 Å². The SMILES string of the molecule is CC1(O)CCN(c2ccc([N+](=O)[O-])cc2C(N)=O)C1. The molecule has 1 aliphatic heterocycles. The highest BCUT2D eigenvalue weighted by molar-refractivity contribution is 5.99. The predicted octanol–water partition coefficient (Wildman–Crippen LogP) is 0.655. The van der Waals surface area contributed by atoms with Crippen LogP contribution < -0.4 is 10.6 Å². The fourth-order valence-electron chi connectivity index (χ4n) is 2.26. The molecular weight excluding hydrogens is 250 g/mol. The Morgan fingerprint density at radius 2 is 2.26 bits per heavy atom. The summed E-state index contributed by atoms with van der Waals surface area (Å²) in [5.41, 5.74) is 4.90. The highest BCUT2D eigenvalue weighted by Gasteiger charge is 2.33. The van der Waals surface area contributed by atoms with Crippen molar-refractivity contribution in [1.29, 1.82) is 0 Å². The second kappa shape index (κ2) is 4.51. The van der Waals surface area contributed by atoms with Gasteiger partial charge in [-0.2, -0.15) is 0 Å². The number of non-ortho nitro benzene ring substituents is 1. The number of β-amino-alcohol motifs (C(OH)–C–C–N with tert-alkyl or cyclic N) is 1. The molecule has 7 heteroatoms. The van der Waals surface area contributed by atoms with Crippen LogP contribution in [0.1, 0.15) is 23.7 Å². The van der Waals surface area contributed by atoms with E-state index >= 15 is 0 Å². The number of nitrogens with zero attached hydrogens (tertiary/aromatic N) is 2. The van der Waals surface area contributed by atoms with E-state index in [0.717, 1.165) is 0 Å². The van der Waals surface area contributed by atoms with Crippen LogP contribution in [0, 0.1) is 10.1 Å². The molecule has 1 fully saturated rings. The third-order valence-corrected chi connectivity index (χ3v) is 3.25. The Morgan fingerprint density at radius 1 is 1.58 bits per heavy atom. The molecule has 1 aromatic carbocycles. The fraction of sp³-hybridized carbons (Fsp3) is 0.417. The molecular formula is C12H15N3O4. The van der Waals surface area contributed by atoms with Crippen LogP contribution in [-0.4, -0.2) is 34.6 Å². The fourth-order valence-corrected chi connectivity index (χ4v) is 2.26. The molecule has 0 radical (unpaired) electrons. The lowest BCUT2D eigenvalue weighted by Gasteiger charge is -2.22. The number of carbonyl (C=O) groups excluding carboxylic acids is 1. The van der Waals surface area contributed by atoms with E-state index in [2.05, 4.69) is 0 Å². The second-order valence-corrected chi connectivity index (χ2v) is 4.99. The van der Waals surface area contributed by atoms with E-state index in [1.807, 2.05) is 4.90 Å². The highest BCUT2D eigenvalue weighted by Crippen LogP contribution is 2.31. The molecule has 2 rings (SSSR count). The molecule has 1 unspecified atom stereocenters. The van der Waals surface area contributed by atoms with Crippen LogP contribution in [0.3, 0.4) is 0 Å². The molecule has 102 valence electrons. The summed E-state index contributed by atoms with van der Waals surface area (Å²) in [5.74, 6) is -0.717. The van der Waals surface area contributed by atoms with Gasteiger partial charge in [-0.05, 0) is 19.4 Å². The summed E-state index contributed by atoms with van der Waals surface area (Å²) in [6.45, 7) is 2.65. The number of rotatable bonds is 3. The van der Waals surface area contributed by atoms with Gasteiger partial charge in [0.05, 0.1) is 21.8 Å². The summed E-state index contributed by atoms with van der Waals surface area (Å²) in [6, 6.07) is 4.00. The van der Waals surface area contributed by atoms with Crippen molar-refractivity contribution in [3.05, 3.63) is 33.9 Å². The number of nitro groups is 1. The van der Waals surface area contributed by atoms with Crippen LogP contribution >= 0.6 is 0 Å². The summed E-state index contributed by atoms with van der Waals surface area (Å²) in [5, 5.41) is 20.6. The molecule has 1 saturated heterocycles. The summed E-state index contributed by atoms with van der Waals surface area (Å²) in [7, 11) is 0. The van der Waals surface area contributed by atoms with Crippen LogP contribution in [0.15, 0.2) is 18.2 Å². The van der Waals surface area contributed by atoms with Gasteiger partial charge in [-0.25, -0.2) is 0 Å². The molecule has 7 nitrogen and oxygen atoms in total. The van der Waals surface area contributed by atoms with Gasteiger partial charge in [0.2, 0.25) is 0 Å². The molecule has 3 N–H and O–H groups in total. The van der Waals surface area contributed by atoms with Crippen LogP contribution in [0.25, 0.3) is 0 Å². The lowest BCUT2D eigenvalue weighted by molar-refractivity contribution is -0.384. The predicted molar refractivity (Wildman–Crippen MR) is 69.1 cm³/mol. The molecule has 19 heavy (non-hydrogen) atoms. The monoisotopic (exact) mass is 265 g/mol. The van der Waals surface area contributed by atoms with Gasteiger partial charge < -0.3 is 15.7 Å². The van der Waals surface area contributed by atoms with E-state index in [1.54, 1.807) is 6.92 Å². The number of carbonyl (C=O) groups is 1. The Morgan fingerprint density at radius 3 is 2.74 bits per heavy atom. The summed E-state index contributed by atoms with van der Waals surface area (Å²) in [4.78, 5) is 23.4. The van der Waals surface area contributed by atoms with Gasteiger partial charge in [-0.3, -0.25) is 14.9 Å². The standard InChI is InChI=1S/C12H15N3O4/c1-12(17)4-5-14(7-12)10-3-2-8(15(18)19)6-9(10)11(13)16/h2-3,6,17H,4-5,7H2,1H3,(H2,13,16). The summed E-state index contributed by atoms with van der Waals surface area (Å²) in [6.07, 6.45) is 0.572. The Balaban J connectivity index is 2.41. The molecule has 1 aromatic rings. The number of primary amides is 1. The molecule has 0 aromatic heterocycles. The first-order valence-corrected chi connectivity index (χ1v) is 5.86. The lowest BCUT2D eigenvalue weighted by Crippen LogP contribution is -2.30. The Hall–Kier alpha value is -2.15. The van der Waals surface area contributed by atoms with Crippen molar-refractivity contribution in [2.45, 2.75) is 18.9 Å². The van der Waals surface area contributed by atoms with E-state index in [0.29, 0.717) is 25.2 Å². The molecule has 0 spiro atoms. The van der Waals surface area contributed by atoms with Gasteiger partial charge in [0, 0.05) is 25.2 Å². The van der Waals surface area contributed by atoms with Crippen molar-refractivity contribution in [3.8, 4) is 0 Å². The summed E-state index contributed by atoms with van der Waals surface area (Å²) < 4.78 is 0. The molecule has 0 saturated carbocycles. The number of benzene rings is 1. The van der Waals surface area contributed by atoms with Gasteiger partial charge in [-0.1, -0.05) is 0 Å². The minimum Gasteiger partial charge on any atom is -0.388 e. The van der Waals surface area contributed by atoms with E-state index in [-0.39, 0.29) is 11.3 Å². The van der Waals surface area contributed by atoms with Crippen molar-refractivity contribution in [1.82, 2.24) is 0 Å². The quantitative estimate of drug-likeness (QED) is 0.616. The second-order valence-electron chi connectivity index (χ2n) is 4.99. The Bertz CT molecular complexity index is 542. The molecule has 1 atom stereocenters. The minimum absolute atomic E-state index is 0.104. The number of nitrogens with two attached hydrogens (primary N) is 1. The number of hydrogen-bond acceptors (Lipinski definition) is 5. The van der Waals surface area contributed by atoms with Crippen LogP contribution in [-0.2, 0) is 0 Å². The zero-order chi connectivity index (χ0) is 14.2. The van der Waals surface area contributed by atoms with Crippen LogP contribution in [0.2, 0.25) is 0 Å².